The lowest BCUT2D eigenvalue weighted by molar-refractivity contribution is 0.326. The molecule has 2 atom stereocenters. The van der Waals surface area contributed by atoms with Gasteiger partial charge in [0.25, 0.3) is 0 Å². The van der Waals surface area contributed by atoms with Crippen molar-refractivity contribution in [1.29, 1.82) is 0 Å². The fourth-order valence-corrected chi connectivity index (χ4v) is 4.34. The highest BCUT2D eigenvalue weighted by molar-refractivity contribution is 14.1. The van der Waals surface area contributed by atoms with Crippen LogP contribution in [0.1, 0.15) is 53.3 Å². The Morgan fingerprint density at radius 3 is 2.63 bits per heavy atom. The van der Waals surface area contributed by atoms with Gasteiger partial charge in [0.15, 0.2) is 45.9 Å². The molecule has 1 aliphatic carbocycles. The van der Waals surface area contributed by atoms with Gasteiger partial charge in [-0.3, -0.25) is 4.98 Å². The van der Waals surface area contributed by atoms with Gasteiger partial charge in [0.2, 0.25) is 0 Å². The number of aromatic nitrogens is 6. The first-order chi connectivity index (χ1) is 13.1. The van der Waals surface area contributed by atoms with Crippen LogP contribution in [0.25, 0.3) is 11.3 Å². The van der Waals surface area contributed by atoms with Crippen LogP contribution in [-0.2, 0) is 0 Å². The Kier molecular flexibility index (Phi) is 3.85. The number of hydrogen-bond donors (Lipinski definition) is 0. The molecule has 0 bridgehead atoms. The molecule has 27 heavy (non-hydrogen) atoms. The summed E-state index contributed by atoms with van der Waals surface area (Å²) in [5.74, 6) is 2.30. The van der Waals surface area contributed by atoms with E-state index in [4.69, 9.17) is 18.1 Å². The molecule has 0 saturated heterocycles. The van der Waals surface area contributed by atoms with Crippen molar-refractivity contribution >= 4 is 34.3 Å². The molecule has 138 valence electrons. The van der Waals surface area contributed by atoms with E-state index in [2.05, 4.69) is 16.3 Å². The lowest BCUT2D eigenvalue weighted by Gasteiger charge is -2.33. The Balaban J connectivity index is 1.58. The van der Waals surface area contributed by atoms with Gasteiger partial charge in [0.1, 0.15) is 0 Å². The standard InChI is InChI=1S/C19H19IN6O/c1-10-9-21-11(2)18-23-17(24-26(10)18)14-7-6-13(14)16-12(3)25-8-4-5-15(27-20)19(25)22-16/h4-5,8-9,13-14H,6-7H2,1-3H3. The molecular weight excluding hydrogens is 455 g/mol. The third kappa shape index (κ3) is 2.45. The Bertz CT molecular complexity index is 1140. The van der Waals surface area contributed by atoms with Crippen molar-refractivity contribution in [3.8, 4) is 5.75 Å². The minimum atomic E-state index is 0.288. The second-order valence-electron chi connectivity index (χ2n) is 7.21. The van der Waals surface area contributed by atoms with Gasteiger partial charge in [-0.2, -0.15) is 5.10 Å². The average molecular weight is 474 g/mol. The van der Waals surface area contributed by atoms with Gasteiger partial charge in [-0.25, -0.2) is 14.5 Å². The number of nitrogens with zero attached hydrogens (tertiary/aromatic N) is 6. The topological polar surface area (TPSA) is 69.6 Å². The molecule has 4 heterocycles. The molecule has 0 radical (unpaired) electrons. The smallest absolute Gasteiger partial charge is 0.192 e. The molecule has 1 fully saturated rings. The van der Waals surface area contributed by atoms with Gasteiger partial charge in [-0.15, -0.1) is 0 Å². The van der Waals surface area contributed by atoms with Crippen LogP contribution >= 0.6 is 23.0 Å². The number of aryl methyl sites for hydroxylation is 3. The van der Waals surface area contributed by atoms with Crippen molar-refractivity contribution in [1.82, 2.24) is 29.0 Å². The first-order valence-corrected chi connectivity index (χ1v) is 9.91. The zero-order valence-electron chi connectivity index (χ0n) is 15.3. The van der Waals surface area contributed by atoms with Crippen molar-refractivity contribution in [2.75, 3.05) is 0 Å². The molecule has 0 N–H and O–H groups in total. The third-order valence-electron chi connectivity index (χ3n) is 5.66. The van der Waals surface area contributed by atoms with Crippen molar-refractivity contribution in [2.24, 2.45) is 0 Å². The van der Waals surface area contributed by atoms with Crippen LogP contribution in [0.15, 0.2) is 24.5 Å². The van der Waals surface area contributed by atoms with E-state index in [-0.39, 0.29) is 5.92 Å². The summed E-state index contributed by atoms with van der Waals surface area (Å²) < 4.78 is 9.47. The normalized spacial score (nSPS) is 19.6. The molecule has 0 aromatic carbocycles. The highest BCUT2D eigenvalue weighted by atomic mass is 127. The maximum atomic E-state index is 5.46. The summed E-state index contributed by atoms with van der Waals surface area (Å²) in [7, 11) is 0. The average Bonchev–Trinajstić information content (AvgIpc) is 3.21. The Morgan fingerprint density at radius 1 is 1.11 bits per heavy atom. The molecule has 7 nitrogen and oxygen atoms in total. The molecule has 5 rings (SSSR count). The number of imidazole rings is 1. The molecule has 4 aromatic heterocycles. The van der Waals surface area contributed by atoms with Crippen LogP contribution < -0.4 is 3.07 Å². The Hall–Kier alpha value is -2.23. The van der Waals surface area contributed by atoms with Crippen molar-refractivity contribution < 1.29 is 3.07 Å². The monoisotopic (exact) mass is 474 g/mol. The fourth-order valence-electron chi connectivity index (χ4n) is 3.99. The van der Waals surface area contributed by atoms with Gasteiger partial charge >= 0.3 is 0 Å². The summed E-state index contributed by atoms with van der Waals surface area (Å²) >= 11 is 1.91. The van der Waals surface area contributed by atoms with Gasteiger partial charge in [0.05, 0.1) is 17.1 Å². The minimum absolute atomic E-state index is 0.288. The quantitative estimate of drug-likeness (QED) is 0.419. The maximum absolute atomic E-state index is 5.46. The van der Waals surface area contributed by atoms with Crippen molar-refractivity contribution in [3.05, 3.63) is 53.1 Å². The molecule has 1 aliphatic rings. The Labute approximate surface area is 170 Å². The zero-order valence-corrected chi connectivity index (χ0v) is 17.5. The molecular formula is C19H19IN6O. The summed E-state index contributed by atoms with van der Waals surface area (Å²) in [5, 5.41) is 4.79. The van der Waals surface area contributed by atoms with E-state index in [0.717, 1.165) is 58.5 Å². The molecule has 0 amide bonds. The summed E-state index contributed by atoms with van der Waals surface area (Å²) in [5.41, 5.74) is 5.90. The van der Waals surface area contributed by atoms with Crippen LogP contribution in [0.3, 0.4) is 0 Å². The second kappa shape index (κ2) is 6.15. The van der Waals surface area contributed by atoms with Gasteiger partial charge in [0, 0.05) is 29.9 Å². The predicted octanol–water partition coefficient (Wildman–Crippen LogP) is 4.09. The lowest BCUT2D eigenvalue weighted by Crippen LogP contribution is -2.24. The molecule has 0 spiro atoms. The minimum Gasteiger partial charge on any atom is -0.424 e. The van der Waals surface area contributed by atoms with Gasteiger partial charge < -0.3 is 7.47 Å². The molecule has 1 saturated carbocycles. The number of rotatable bonds is 3. The summed E-state index contributed by atoms with van der Waals surface area (Å²) in [6, 6.07) is 3.93. The predicted molar refractivity (Wildman–Crippen MR) is 110 cm³/mol. The van der Waals surface area contributed by atoms with Crippen LogP contribution in [0.4, 0.5) is 0 Å². The first kappa shape index (κ1) is 16.9. The van der Waals surface area contributed by atoms with Gasteiger partial charge in [-0.1, -0.05) is 0 Å². The molecule has 0 aliphatic heterocycles. The van der Waals surface area contributed by atoms with E-state index in [0.29, 0.717) is 5.92 Å². The SMILES string of the molecule is Cc1ncc(C)n2nc(C3CCC3c3nc4c(OI)cccn4c3C)nc12. The molecule has 8 heteroatoms. The van der Waals surface area contributed by atoms with Crippen LogP contribution in [-0.4, -0.2) is 29.0 Å². The maximum Gasteiger partial charge on any atom is 0.192 e. The first-order valence-electron chi connectivity index (χ1n) is 9.03. The Morgan fingerprint density at radius 2 is 1.93 bits per heavy atom. The van der Waals surface area contributed by atoms with Crippen molar-refractivity contribution in [2.45, 2.75) is 45.4 Å². The summed E-state index contributed by atoms with van der Waals surface area (Å²) in [4.78, 5) is 14.2. The van der Waals surface area contributed by atoms with Gasteiger partial charge in [-0.05, 0) is 45.7 Å². The summed E-state index contributed by atoms with van der Waals surface area (Å²) in [6.07, 6.45) is 6.06. The highest BCUT2D eigenvalue weighted by Crippen LogP contribution is 2.49. The largest absolute Gasteiger partial charge is 0.424 e. The van der Waals surface area contributed by atoms with E-state index in [1.54, 1.807) is 0 Å². The van der Waals surface area contributed by atoms with E-state index in [9.17, 15) is 0 Å². The fraction of sp³-hybridized carbons (Fsp3) is 0.368. The van der Waals surface area contributed by atoms with Crippen molar-refractivity contribution in [3.63, 3.8) is 0 Å². The highest BCUT2D eigenvalue weighted by Gasteiger charge is 2.39. The summed E-state index contributed by atoms with van der Waals surface area (Å²) in [6.45, 7) is 6.11. The van der Waals surface area contributed by atoms with E-state index in [1.165, 1.54) is 0 Å². The number of halogens is 1. The van der Waals surface area contributed by atoms with E-state index < -0.39 is 0 Å². The lowest BCUT2D eigenvalue weighted by atomic mass is 9.71. The van der Waals surface area contributed by atoms with Crippen LogP contribution in [0, 0.1) is 20.8 Å². The molecule has 2 unspecified atom stereocenters. The number of fused-ring (bicyclic) bond motifs is 2. The molecule has 4 aromatic rings. The van der Waals surface area contributed by atoms with Crippen LogP contribution in [0.5, 0.6) is 5.75 Å². The zero-order chi connectivity index (χ0) is 18.7. The van der Waals surface area contributed by atoms with E-state index in [1.807, 2.05) is 65.9 Å². The third-order valence-corrected chi connectivity index (χ3v) is 6.13. The second-order valence-corrected chi connectivity index (χ2v) is 7.65. The van der Waals surface area contributed by atoms with E-state index >= 15 is 0 Å². The number of pyridine rings is 1. The number of hydrogen-bond acceptors (Lipinski definition) is 5. The van der Waals surface area contributed by atoms with Crippen LogP contribution in [0.2, 0.25) is 0 Å².